The Morgan fingerprint density at radius 2 is 2.09 bits per heavy atom. The summed E-state index contributed by atoms with van der Waals surface area (Å²) in [6.07, 6.45) is 3.49. The highest BCUT2D eigenvalue weighted by Crippen LogP contribution is 2.28. The summed E-state index contributed by atoms with van der Waals surface area (Å²) in [6.45, 7) is 1.67. The lowest BCUT2D eigenvalue weighted by Gasteiger charge is -2.20. The molecule has 1 amide bonds. The Bertz CT molecular complexity index is 716. The zero-order chi connectivity index (χ0) is 15.6. The van der Waals surface area contributed by atoms with E-state index in [-0.39, 0.29) is 11.7 Å². The molecule has 0 radical (unpaired) electrons. The minimum atomic E-state index is -1.10. The first-order chi connectivity index (χ1) is 10.6. The average Bonchev–Trinajstić information content (AvgIpc) is 2.93. The number of halogens is 1. The van der Waals surface area contributed by atoms with Crippen LogP contribution in [0.4, 0.5) is 10.1 Å². The van der Waals surface area contributed by atoms with Crippen molar-refractivity contribution in [2.45, 2.75) is 18.9 Å². The van der Waals surface area contributed by atoms with Crippen LogP contribution in [0, 0.1) is 5.82 Å². The topological polar surface area (TPSA) is 63.6 Å². The van der Waals surface area contributed by atoms with Gasteiger partial charge in [-0.15, -0.1) is 0 Å². The molecule has 1 aromatic heterocycles. The molecule has 0 bridgehead atoms. The lowest BCUT2D eigenvalue weighted by Crippen LogP contribution is -2.40. The summed E-state index contributed by atoms with van der Waals surface area (Å²) in [5, 5.41) is 6.71. The summed E-state index contributed by atoms with van der Waals surface area (Å²) in [6, 6.07) is 9.40. The quantitative estimate of drug-likeness (QED) is 0.948. The van der Waals surface area contributed by atoms with E-state index in [1.165, 1.54) is 12.1 Å². The number of carbonyl (C=O) groups is 1. The smallest absolute Gasteiger partial charge is 0.271 e. The number of amides is 1. The lowest BCUT2D eigenvalue weighted by atomic mass is 9.95. The van der Waals surface area contributed by atoms with Crippen LogP contribution in [-0.4, -0.2) is 22.2 Å². The van der Waals surface area contributed by atoms with Crippen LogP contribution >= 0.6 is 0 Å². The molecule has 1 aromatic carbocycles. The highest BCUT2D eigenvalue weighted by atomic mass is 19.1. The van der Waals surface area contributed by atoms with Gasteiger partial charge in [0, 0.05) is 12.6 Å². The van der Waals surface area contributed by atoms with Gasteiger partial charge in [-0.05, 0) is 36.8 Å². The van der Waals surface area contributed by atoms with E-state index < -0.39 is 5.60 Å². The molecule has 0 aliphatic carbocycles. The van der Waals surface area contributed by atoms with Crippen molar-refractivity contribution < 1.29 is 14.0 Å². The minimum absolute atomic E-state index is 0.304. The molecule has 2 heterocycles. The molecule has 0 saturated heterocycles. The molecule has 1 N–H and O–H groups in total. The molecular formula is C16H14FN3O2. The predicted molar refractivity (Wildman–Crippen MR) is 79.9 cm³/mol. The number of benzene rings is 1. The molecule has 1 atom stereocenters. The van der Waals surface area contributed by atoms with Crippen LogP contribution in [0.3, 0.4) is 0 Å². The first kappa shape index (κ1) is 14.2. The van der Waals surface area contributed by atoms with Crippen molar-refractivity contribution in [3.63, 3.8) is 0 Å². The molecule has 112 valence electrons. The largest absolute Gasteiger partial charge is 0.379 e. The zero-order valence-electron chi connectivity index (χ0n) is 11.9. The van der Waals surface area contributed by atoms with E-state index in [1.54, 1.807) is 43.6 Å². The van der Waals surface area contributed by atoms with E-state index in [4.69, 9.17) is 4.84 Å². The number of carbonyl (C=O) groups excluding carboxylic acids is 1. The van der Waals surface area contributed by atoms with E-state index in [1.807, 2.05) is 0 Å². The van der Waals surface area contributed by atoms with Crippen LogP contribution in [0.5, 0.6) is 0 Å². The second kappa shape index (κ2) is 5.55. The second-order valence-electron chi connectivity index (χ2n) is 5.24. The van der Waals surface area contributed by atoms with E-state index in [2.05, 4.69) is 15.5 Å². The number of pyridine rings is 1. The first-order valence-corrected chi connectivity index (χ1v) is 6.79. The van der Waals surface area contributed by atoms with Crippen molar-refractivity contribution in [3.8, 4) is 0 Å². The van der Waals surface area contributed by atoms with Crippen LogP contribution in [-0.2, 0) is 9.63 Å². The van der Waals surface area contributed by atoms with E-state index >= 15 is 0 Å². The molecule has 0 spiro atoms. The normalized spacial score (nSPS) is 20.2. The third kappa shape index (κ3) is 2.81. The van der Waals surface area contributed by atoms with Crippen molar-refractivity contribution in [2.24, 2.45) is 5.16 Å². The van der Waals surface area contributed by atoms with E-state index in [0.29, 0.717) is 17.8 Å². The number of anilines is 1. The van der Waals surface area contributed by atoms with Crippen molar-refractivity contribution in [1.29, 1.82) is 0 Å². The lowest BCUT2D eigenvalue weighted by molar-refractivity contribution is -0.135. The molecule has 2 aromatic rings. The first-order valence-electron chi connectivity index (χ1n) is 6.79. The monoisotopic (exact) mass is 299 g/mol. The van der Waals surface area contributed by atoms with Crippen LogP contribution in [0.25, 0.3) is 0 Å². The number of rotatable bonds is 3. The summed E-state index contributed by atoms with van der Waals surface area (Å²) in [5.41, 5.74) is 0.843. The number of nitrogens with one attached hydrogen (secondary N) is 1. The molecule has 0 saturated carbocycles. The maximum absolute atomic E-state index is 13.0. The van der Waals surface area contributed by atoms with Crippen molar-refractivity contribution in [1.82, 2.24) is 4.98 Å². The Hall–Kier alpha value is -2.76. The van der Waals surface area contributed by atoms with Gasteiger partial charge in [-0.25, -0.2) is 4.39 Å². The Morgan fingerprint density at radius 1 is 1.32 bits per heavy atom. The van der Waals surface area contributed by atoms with Crippen molar-refractivity contribution >= 4 is 17.3 Å². The van der Waals surface area contributed by atoms with Crippen LogP contribution in [0.2, 0.25) is 0 Å². The summed E-state index contributed by atoms with van der Waals surface area (Å²) < 4.78 is 13.0. The molecule has 6 heteroatoms. The number of hydrogen-bond acceptors (Lipinski definition) is 4. The van der Waals surface area contributed by atoms with Crippen LogP contribution in [0.15, 0.2) is 53.9 Å². The molecule has 1 aliphatic rings. The molecule has 5 nitrogen and oxygen atoms in total. The van der Waals surface area contributed by atoms with Gasteiger partial charge in [-0.3, -0.25) is 9.78 Å². The van der Waals surface area contributed by atoms with Crippen LogP contribution in [0.1, 0.15) is 18.9 Å². The van der Waals surface area contributed by atoms with Gasteiger partial charge in [-0.2, -0.15) is 0 Å². The highest BCUT2D eigenvalue weighted by Gasteiger charge is 2.42. The SMILES string of the molecule is CC1(C(=O)Nc2cccnc2)CC(c2ccc(F)cc2)=NO1. The fourth-order valence-electron chi connectivity index (χ4n) is 2.16. The predicted octanol–water partition coefficient (Wildman–Crippen LogP) is 2.74. The zero-order valence-corrected chi connectivity index (χ0v) is 11.9. The van der Waals surface area contributed by atoms with E-state index in [9.17, 15) is 9.18 Å². The Balaban J connectivity index is 1.71. The maximum atomic E-state index is 13.0. The van der Waals surface area contributed by atoms with Gasteiger partial charge in [0.15, 0.2) is 0 Å². The van der Waals surface area contributed by atoms with Crippen molar-refractivity contribution in [3.05, 3.63) is 60.2 Å². The molecular weight excluding hydrogens is 285 g/mol. The van der Waals surface area contributed by atoms with Crippen molar-refractivity contribution in [2.75, 3.05) is 5.32 Å². The third-order valence-electron chi connectivity index (χ3n) is 3.44. The molecule has 1 aliphatic heterocycles. The number of aromatic nitrogens is 1. The van der Waals surface area contributed by atoms with Gasteiger partial charge in [0.25, 0.3) is 5.91 Å². The van der Waals surface area contributed by atoms with Crippen LogP contribution < -0.4 is 5.32 Å². The summed E-state index contributed by atoms with van der Waals surface area (Å²) in [4.78, 5) is 21.6. The number of oxime groups is 1. The van der Waals surface area contributed by atoms with Gasteiger partial charge < -0.3 is 10.2 Å². The number of hydrogen-bond donors (Lipinski definition) is 1. The van der Waals surface area contributed by atoms with E-state index in [0.717, 1.165) is 5.56 Å². The molecule has 1 unspecified atom stereocenters. The van der Waals surface area contributed by atoms with Gasteiger partial charge >= 0.3 is 0 Å². The Labute approximate surface area is 126 Å². The summed E-state index contributed by atoms with van der Waals surface area (Å²) in [7, 11) is 0. The average molecular weight is 299 g/mol. The van der Waals surface area contributed by atoms with Gasteiger partial charge in [0.2, 0.25) is 5.60 Å². The second-order valence-corrected chi connectivity index (χ2v) is 5.24. The Kier molecular flexibility index (Phi) is 3.58. The summed E-state index contributed by atoms with van der Waals surface area (Å²) in [5.74, 6) is -0.623. The molecule has 0 fully saturated rings. The van der Waals surface area contributed by atoms with Gasteiger partial charge in [-0.1, -0.05) is 17.3 Å². The molecule has 22 heavy (non-hydrogen) atoms. The molecule has 3 rings (SSSR count). The summed E-state index contributed by atoms with van der Waals surface area (Å²) >= 11 is 0. The fraction of sp³-hybridized carbons (Fsp3) is 0.188. The maximum Gasteiger partial charge on any atom is 0.271 e. The third-order valence-corrected chi connectivity index (χ3v) is 3.44. The number of nitrogens with zero attached hydrogens (tertiary/aromatic N) is 2. The highest BCUT2D eigenvalue weighted by molar-refractivity contribution is 6.07. The minimum Gasteiger partial charge on any atom is -0.379 e. The standard InChI is InChI=1S/C16H14FN3O2/c1-16(15(21)19-13-3-2-8-18-10-13)9-14(20-22-16)11-4-6-12(17)7-5-11/h2-8,10H,9H2,1H3,(H,19,21). The van der Waals surface area contributed by atoms with Gasteiger partial charge in [0.1, 0.15) is 5.82 Å². The van der Waals surface area contributed by atoms with Gasteiger partial charge in [0.05, 0.1) is 17.6 Å². The Morgan fingerprint density at radius 3 is 2.77 bits per heavy atom. The fourth-order valence-corrected chi connectivity index (χ4v) is 2.16.